The summed E-state index contributed by atoms with van der Waals surface area (Å²) in [5, 5.41) is 2.38. The molecule has 0 bridgehead atoms. The number of rotatable bonds is 1. The van der Waals surface area contributed by atoms with E-state index in [1.165, 1.54) is 0 Å². The largest absolute Gasteiger partial charge is 0.267 e. The second-order valence-electron chi connectivity index (χ2n) is 2.73. The third-order valence-electron chi connectivity index (χ3n) is 1.89. The van der Waals surface area contributed by atoms with Crippen LogP contribution in [0.1, 0.15) is 12.0 Å². The van der Waals surface area contributed by atoms with Crippen molar-refractivity contribution < 1.29 is 13.2 Å². The van der Waals surface area contributed by atoms with Crippen molar-refractivity contribution in [3.8, 4) is 0 Å². The molecule has 2 aromatic rings. The van der Waals surface area contributed by atoms with Crippen LogP contribution in [-0.4, -0.2) is 0 Å². The molecule has 0 saturated heterocycles. The lowest BCUT2D eigenvalue weighted by Crippen LogP contribution is -1.94. The zero-order valence-corrected chi connectivity index (χ0v) is 9.70. The van der Waals surface area contributed by atoms with Gasteiger partial charge in [0.15, 0.2) is 5.82 Å². The Morgan fingerprint density at radius 2 is 2.07 bits per heavy atom. The molecule has 0 spiro atoms. The summed E-state index contributed by atoms with van der Waals surface area (Å²) in [5.41, 5.74) is -0.486. The minimum absolute atomic E-state index is 0.279. The first-order chi connectivity index (χ1) is 6.61. The molecule has 0 radical (unpaired) electrons. The molecule has 0 N–H and O–H groups in total. The van der Waals surface area contributed by atoms with Crippen molar-refractivity contribution in [1.82, 2.24) is 0 Å². The molecule has 0 nitrogen and oxygen atoms in total. The van der Waals surface area contributed by atoms with Gasteiger partial charge in [-0.2, -0.15) is 0 Å². The van der Waals surface area contributed by atoms with Crippen LogP contribution in [-0.2, 0) is 0 Å². The molecule has 0 unspecified atom stereocenters. The highest BCUT2D eigenvalue weighted by Gasteiger charge is 2.20. The van der Waals surface area contributed by atoms with Gasteiger partial charge >= 0.3 is 0 Å². The Labute approximate surface area is 95.9 Å². The Morgan fingerprint density at radius 3 is 2.71 bits per heavy atom. The number of halogens is 4. The van der Waals surface area contributed by atoms with Crippen LogP contribution in [0, 0.1) is 9.39 Å². The first-order valence-electron chi connectivity index (χ1n) is 3.74. The van der Waals surface area contributed by atoms with Gasteiger partial charge < -0.3 is 0 Å². The predicted molar refractivity (Wildman–Crippen MR) is 59.5 cm³/mol. The maximum Gasteiger partial charge on any atom is 0.267 e. The van der Waals surface area contributed by atoms with Crippen LogP contribution in [0.15, 0.2) is 17.5 Å². The number of thiophene rings is 1. The molecule has 0 aliphatic heterocycles. The molecule has 0 aliphatic rings. The summed E-state index contributed by atoms with van der Waals surface area (Å²) in [6.07, 6.45) is -2.76. The molecular formula is C9H4F3IS. The molecule has 5 heteroatoms. The summed E-state index contributed by atoms with van der Waals surface area (Å²) >= 11 is 2.87. The Balaban J connectivity index is 2.82. The van der Waals surface area contributed by atoms with E-state index in [4.69, 9.17) is 0 Å². The van der Waals surface area contributed by atoms with Crippen LogP contribution in [0.4, 0.5) is 13.2 Å². The highest BCUT2D eigenvalue weighted by molar-refractivity contribution is 14.1. The van der Waals surface area contributed by atoms with E-state index in [2.05, 4.69) is 0 Å². The lowest BCUT2D eigenvalue weighted by Gasteiger charge is -2.05. The van der Waals surface area contributed by atoms with Gasteiger partial charge in [-0.3, -0.25) is 0 Å². The molecule has 0 saturated carbocycles. The van der Waals surface area contributed by atoms with Gasteiger partial charge in [0, 0.05) is 3.57 Å². The standard InChI is InChI=1S/C9H4F3IS/c10-7-6(9(11)12)5(13)3-4-1-2-14-8(4)7/h1-3,9H. The minimum atomic E-state index is -2.76. The van der Waals surface area contributed by atoms with Crippen molar-refractivity contribution in [2.75, 3.05) is 0 Å². The molecule has 1 aromatic heterocycles. The van der Waals surface area contributed by atoms with Crippen molar-refractivity contribution in [1.29, 1.82) is 0 Å². The molecule has 0 amide bonds. The third kappa shape index (κ3) is 1.52. The van der Waals surface area contributed by atoms with Crippen molar-refractivity contribution in [3.05, 3.63) is 32.5 Å². The summed E-state index contributed by atoms with van der Waals surface area (Å²) in [5.74, 6) is -0.781. The van der Waals surface area contributed by atoms with Crippen LogP contribution < -0.4 is 0 Å². The van der Waals surface area contributed by atoms with Crippen molar-refractivity contribution in [2.45, 2.75) is 6.43 Å². The first kappa shape index (κ1) is 10.2. The molecule has 0 atom stereocenters. The molecule has 74 valence electrons. The maximum atomic E-state index is 13.5. The molecule has 0 aliphatic carbocycles. The van der Waals surface area contributed by atoms with Crippen molar-refractivity contribution in [2.24, 2.45) is 0 Å². The number of hydrogen-bond acceptors (Lipinski definition) is 1. The second-order valence-corrected chi connectivity index (χ2v) is 4.80. The number of fused-ring (bicyclic) bond motifs is 1. The van der Waals surface area contributed by atoms with E-state index >= 15 is 0 Å². The van der Waals surface area contributed by atoms with Gasteiger partial charge in [-0.25, -0.2) is 13.2 Å². The Hall–Kier alpha value is -0.300. The van der Waals surface area contributed by atoms with Gasteiger partial charge in [0.05, 0.1) is 10.3 Å². The van der Waals surface area contributed by atoms with Gasteiger partial charge in [-0.15, -0.1) is 11.3 Å². The highest BCUT2D eigenvalue weighted by atomic mass is 127. The van der Waals surface area contributed by atoms with Crippen LogP contribution in [0.5, 0.6) is 0 Å². The van der Waals surface area contributed by atoms with E-state index < -0.39 is 17.8 Å². The summed E-state index contributed by atoms with van der Waals surface area (Å²) in [4.78, 5) is 0. The molecule has 0 fully saturated rings. The quantitative estimate of drug-likeness (QED) is 0.672. The van der Waals surface area contributed by atoms with E-state index in [0.717, 1.165) is 11.3 Å². The Kier molecular flexibility index (Phi) is 2.70. The van der Waals surface area contributed by atoms with Crippen molar-refractivity contribution in [3.63, 3.8) is 0 Å². The Morgan fingerprint density at radius 1 is 1.36 bits per heavy atom. The number of alkyl halides is 2. The molecule has 2 rings (SSSR count). The molecular weight excluding hydrogens is 324 g/mol. The summed E-state index contributed by atoms with van der Waals surface area (Å²) in [7, 11) is 0. The SMILES string of the molecule is Fc1c(C(F)F)c(I)cc2ccsc12. The fourth-order valence-electron chi connectivity index (χ4n) is 1.25. The zero-order valence-electron chi connectivity index (χ0n) is 6.73. The Bertz CT molecular complexity index is 478. The monoisotopic (exact) mass is 328 g/mol. The fourth-order valence-corrected chi connectivity index (χ4v) is 2.89. The van der Waals surface area contributed by atoms with Gasteiger partial charge in [0.2, 0.25) is 0 Å². The lowest BCUT2D eigenvalue weighted by atomic mass is 10.2. The first-order valence-corrected chi connectivity index (χ1v) is 5.70. The zero-order chi connectivity index (χ0) is 10.3. The van der Waals surface area contributed by atoms with Gasteiger partial charge in [0.25, 0.3) is 6.43 Å². The molecule has 1 aromatic carbocycles. The number of hydrogen-bond donors (Lipinski definition) is 0. The lowest BCUT2D eigenvalue weighted by molar-refractivity contribution is 0.146. The smallest absolute Gasteiger partial charge is 0.205 e. The van der Waals surface area contributed by atoms with Gasteiger partial charge in [-0.1, -0.05) is 0 Å². The van der Waals surface area contributed by atoms with E-state index in [1.807, 2.05) is 0 Å². The van der Waals surface area contributed by atoms with Crippen LogP contribution in [0.3, 0.4) is 0 Å². The van der Waals surface area contributed by atoms with E-state index in [-0.39, 0.29) is 3.57 Å². The molecule has 14 heavy (non-hydrogen) atoms. The summed E-state index contributed by atoms with van der Waals surface area (Å²) in [6.45, 7) is 0. The fraction of sp³-hybridized carbons (Fsp3) is 0.111. The average molecular weight is 328 g/mol. The summed E-state index contributed by atoms with van der Waals surface area (Å²) in [6, 6.07) is 3.30. The normalized spacial score (nSPS) is 11.5. The van der Waals surface area contributed by atoms with Crippen LogP contribution in [0.25, 0.3) is 10.1 Å². The van der Waals surface area contributed by atoms with Gasteiger partial charge in [0.1, 0.15) is 0 Å². The van der Waals surface area contributed by atoms with Gasteiger partial charge in [-0.05, 0) is 45.5 Å². The highest BCUT2D eigenvalue weighted by Crippen LogP contribution is 2.34. The third-order valence-corrected chi connectivity index (χ3v) is 3.70. The van der Waals surface area contributed by atoms with E-state index in [1.54, 1.807) is 40.1 Å². The topological polar surface area (TPSA) is 0 Å². The summed E-state index contributed by atoms with van der Waals surface area (Å²) < 4.78 is 39.1. The van der Waals surface area contributed by atoms with Crippen molar-refractivity contribution >= 4 is 44.0 Å². The number of benzene rings is 1. The van der Waals surface area contributed by atoms with E-state index in [9.17, 15) is 13.2 Å². The van der Waals surface area contributed by atoms with E-state index in [0.29, 0.717) is 10.1 Å². The predicted octanol–water partition coefficient (Wildman–Crippen LogP) is 4.58. The molecule has 1 heterocycles. The maximum absolute atomic E-state index is 13.5. The average Bonchev–Trinajstić information content (AvgIpc) is 2.50. The van der Waals surface area contributed by atoms with Crippen LogP contribution in [0.2, 0.25) is 0 Å². The minimum Gasteiger partial charge on any atom is -0.205 e. The second kappa shape index (κ2) is 3.69. The van der Waals surface area contributed by atoms with Crippen LogP contribution >= 0.6 is 33.9 Å².